The summed E-state index contributed by atoms with van der Waals surface area (Å²) in [5.74, 6) is -1.40. The van der Waals surface area contributed by atoms with E-state index in [1.165, 1.54) is 6.07 Å². The van der Waals surface area contributed by atoms with Crippen molar-refractivity contribution in [1.29, 1.82) is 0 Å². The van der Waals surface area contributed by atoms with Gasteiger partial charge in [0.15, 0.2) is 18.2 Å². The van der Waals surface area contributed by atoms with Gasteiger partial charge in [-0.2, -0.15) is 0 Å². The van der Waals surface area contributed by atoms with Crippen molar-refractivity contribution >= 4 is 45.1 Å². The van der Waals surface area contributed by atoms with Gasteiger partial charge in [-0.25, -0.2) is 4.79 Å². The number of rotatable bonds is 6. The van der Waals surface area contributed by atoms with Crippen LogP contribution in [0.2, 0.25) is 5.02 Å². The Balaban J connectivity index is 1.76. The third-order valence-corrected chi connectivity index (χ3v) is 4.72. The molecule has 3 aromatic rings. The standard InChI is InChI=1S/C22H14BrClO4/c23-16-5-3-4-15(12-16)20(25)13-28-22(27)19-7-2-1-6-18(19)21(26)14-8-10-17(24)11-9-14/h1-12H,13H2. The summed E-state index contributed by atoms with van der Waals surface area (Å²) in [4.78, 5) is 37.5. The Kier molecular flexibility index (Phi) is 6.39. The van der Waals surface area contributed by atoms with Crippen LogP contribution in [0.25, 0.3) is 0 Å². The Morgan fingerprint density at radius 1 is 0.821 bits per heavy atom. The summed E-state index contributed by atoms with van der Waals surface area (Å²) in [7, 11) is 0. The molecular formula is C22H14BrClO4. The number of esters is 1. The molecule has 6 heteroatoms. The summed E-state index contributed by atoms with van der Waals surface area (Å²) in [6.07, 6.45) is 0. The van der Waals surface area contributed by atoms with E-state index in [-0.39, 0.29) is 22.7 Å². The molecule has 0 bridgehead atoms. The molecule has 0 N–H and O–H groups in total. The molecule has 4 nitrogen and oxygen atoms in total. The maximum atomic E-state index is 12.8. The molecule has 3 rings (SSSR count). The first-order valence-electron chi connectivity index (χ1n) is 8.31. The van der Waals surface area contributed by atoms with Gasteiger partial charge < -0.3 is 4.74 Å². The minimum absolute atomic E-state index is 0.101. The first-order valence-corrected chi connectivity index (χ1v) is 9.48. The number of ketones is 2. The molecule has 0 aliphatic heterocycles. The van der Waals surface area contributed by atoms with Crippen LogP contribution in [0.5, 0.6) is 0 Å². The number of halogens is 2. The van der Waals surface area contributed by atoms with Crippen LogP contribution >= 0.6 is 27.5 Å². The van der Waals surface area contributed by atoms with E-state index in [4.69, 9.17) is 16.3 Å². The van der Waals surface area contributed by atoms with E-state index in [1.807, 2.05) is 0 Å². The van der Waals surface area contributed by atoms with Gasteiger partial charge in [-0.1, -0.05) is 57.9 Å². The lowest BCUT2D eigenvalue weighted by atomic mass is 9.98. The average Bonchev–Trinajstić information content (AvgIpc) is 2.71. The Morgan fingerprint density at radius 3 is 2.18 bits per heavy atom. The molecule has 0 aliphatic carbocycles. The van der Waals surface area contributed by atoms with Gasteiger partial charge in [-0.05, 0) is 42.5 Å². The second kappa shape index (κ2) is 8.95. The van der Waals surface area contributed by atoms with Crippen molar-refractivity contribution in [3.63, 3.8) is 0 Å². The van der Waals surface area contributed by atoms with Crippen LogP contribution in [-0.4, -0.2) is 24.1 Å². The van der Waals surface area contributed by atoms with Crippen LogP contribution in [0.15, 0.2) is 77.3 Å². The Morgan fingerprint density at radius 2 is 1.50 bits per heavy atom. The number of ether oxygens (including phenoxy) is 1. The molecule has 0 radical (unpaired) electrons. The van der Waals surface area contributed by atoms with E-state index in [0.29, 0.717) is 16.1 Å². The molecule has 0 aliphatic rings. The van der Waals surface area contributed by atoms with Crippen molar-refractivity contribution < 1.29 is 19.1 Å². The highest BCUT2D eigenvalue weighted by atomic mass is 79.9. The lowest BCUT2D eigenvalue weighted by Gasteiger charge is -2.09. The van der Waals surface area contributed by atoms with Crippen LogP contribution in [0.3, 0.4) is 0 Å². The summed E-state index contributed by atoms with van der Waals surface area (Å²) >= 11 is 9.15. The second-order valence-electron chi connectivity index (χ2n) is 5.89. The number of hydrogen-bond donors (Lipinski definition) is 0. The monoisotopic (exact) mass is 456 g/mol. The summed E-state index contributed by atoms with van der Waals surface area (Å²) in [5, 5.41) is 0.510. The zero-order valence-corrected chi connectivity index (χ0v) is 16.9. The van der Waals surface area contributed by atoms with Crippen LogP contribution in [0, 0.1) is 0 Å². The molecule has 0 atom stereocenters. The van der Waals surface area contributed by atoms with Gasteiger partial charge in [0.25, 0.3) is 0 Å². The van der Waals surface area contributed by atoms with Crippen LogP contribution in [0.4, 0.5) is 0 Å². The third-order valence-electron chi connectivity index (χ3n) is 3.98. The SMILES string of the molecule is O=C(COC(=O)c1ccccc1C(=O)c1ccc(Cl)cc1)c1cccc(Br)c1. The van der Waals surface area contributed by atoms with Gasteiger partial charge >= 0.3 is 5.97 Å². The van der Waals surface area contributed by atoms with Gasteiger partial charge in [-0.15, -0.1) is 0 Å². The molecule has 0 amide bonds. The van der Waals surface area contributed by atoms with Crippen molar-refractivity contribution in [3.05, 3.63) is 105 Å². The Bertz CT molecular complexity index is 1040. The van der Waals surface area contributed by atoms with Crippen LogP contribution in [-0.2, 0) is 4.74 Å². The topological polar surface area (TPSA) is 60.4 Å². The Labute approximate surface area is 175 Å². The highest BCUT2D eigenvalue weighted by Gasteiger charge is 2.20. The van der Waals surface area contributed by atoms with E-state index in [2.05, 4.69) is 15.9 Å². The predicted octanol–water partition coefficient (Wildman–Crippen LogP) is 5.37. The molecule has 0 spiro atoms. The van der Waals surface area contributed by atoms with Crippen molar-refractivity contribution in [2.45, 2.75) is 0 Å². The molecule has 0 aromatic heterocycles. The molecular weight excluding hydrogens is 444 g/mol. The zero-order chi connectivity index (χ0) is 20.1. The van der Waals surface area contributed by atoms with E-state index < -0.39 is 12.6 Å². The minimum atomic E-state index is -0.735. The molecule has 0 unspecified atom stereocenters. The fourth-order valence-corrected chi connectivity index (χ4v) is 3.10. The van der Waals surface area contributed by atoms with Gasteiger partial charge in [0, 0.05) is 26.2 Å². The Hall–Kier alpha value is -2.76. The molecule has 0 saturated carbocycles. The first-order chi connectivity index (χ1) is 13.5. The maximum absolute atomic E-state index is 12.8. The fourth-order valence-electron chi connectivity index (χ4n) is 2.57. The maximum Gasteiger partial charge on any atom is 0.339 e. The lowest BCUT2D eigenvalue weighted by Crippen LogP contribution is -2.17. The largest absolute Gasteiger partial charge is 0.454 e. The van der Waals surface area contributed by atoms with E-state index in [0.717, 1.165) is 4.47 Å². The van der Waals surface area contributed by atoms with Gasteiger partial charge in [0.2, 0.25) is 0 Å². The average molecular weight is 458 g/mol. The van der Waals surface area contributed by atoms with Crippen molar-refractivity contribution in [1.82, 2.24) is 0 Å². The molecule has 28 heavy (non-hydrogen) atoms. The highest BCUT2D eigenvalue weighted by molar-refractivity contribution is 9.10. The molecule has 0 saturated heterocycles. The van der Waals surface area contributed by atoms with Gasteiger partial charge in [0.1, 0.15) is 0 Å². The van der Waals surface area contributed by atoms with Crippen LogP contribution in [0.1, 0.15) is 36.6 Å². The first kappa shape index (κ1) is 20.0. The summed E-state index contributed by atoms with van der Waals surface area (Å²) in [6.45, 7) is -0.418. The van der Waals surface area contributed by atoms with Crippen molar-refractivity contribution in [2.24, 2.45) is 0 Å². The highest BCUT2D eigenvalue weighted by Crippen LogP contribution is 2.18. The molecule has 3 aromatic carbocycles. The predicted molar refractivity (Wildman–Crippen MR) is 110 cm³/mol. The molecule has 0 heterocycles. The number of carbonyl (C=O) groups is 3. The van der Waals surface area contributed by atoms with Crippen LogP contribution < -0.4 is 0 Å². The van der Waals surface area contributed by atoms with Crippen molar-refractivity contribution in [2.75, 3.05) is 6.61 Å². The van der Waals surface area contributed by atoms with Crippen molar-refractivity contribution in [3.8, 4) is 0 Å². The van der Waals surface area contributed by atoms with Gasteiger partial charge in [0.05, 0.1) is 5.56 Å². The number of carbonyl (C=O) groups excluding carboxylic acids is 3. The minimum Gasteiger partial charge on any atom is -0.454 e. The smallest absolute Gasteiger partial charge is 0.339 e. The fraction of sp³-hybridized carbons (Fsp3) is 0.0455. The van der Waals surface area contributed by atoms with Gasteiger partial charge in [-0.3, -0.25) is 9.59 Å². The summed E-state index contributed by atoms with van der Waals surface area (Å²) < 4.78 is 5.91. The zero-order valence-electron chi connectivity index (χ0n) is 14.5. The number of hydrogen-bond acceptors (Lipinski definition) is 4. The quantitative estimate of drug-likeness (QED) is 0.369. The lowest BCUT2D eigenvalue weighted by molar-refractivity contribution is 0.0473. The second-order valence-corrected chi connectivity index (χ2v) is 7.24. The third kappa shape index (κ3) is 4.74. The number of Topliss-reactive ketones (excluding diaryl/α,β-unsaturated/α-hetero) is 1. The summed E-state index contributed by atoms with van der Waals surface area (Å²) in [5.41, 5.74) is 1.12. The molecule has 140 valence electrons. The normalized spacial score (nSPS) is 10.4. The number of benzene rings is 3. The van der Waals surface area contributed by atoms with E-state index in [9.17, 15) is 14.4 Å². The van der Waals surface area contributed by atoms with E-state index >= 15 is 0 Å². The van der Waals surface area contributed by atoms with E-state index in [1.54, 1.807) is 66.7 Å². The molecule has 0 fully saturated rings. The summed E-state index contributed by atoms with van der Waals surface area (Å²) in [6, 6.07) is 19.5.